The minimum Gasteiger partial charge on any atom is -0.324 e. The van der Waals surface area contributed by atoms with E-state index in [-0.39, 0.29) is 18.2 Å². The van der Waals surface area contributed by atoms with Gasteiger partial charge in [0, 0.05) is 16.0 Å². The summed E-state index contributed by atoms with van der Waals surface area (Å²) in [5.74, 6) is -0.558. The predicted octanol–water partition coefficient (Wildman–Crippen LogP) is 4.28. The Bertz CT molecular complexity index is 944. The summed E-state index contributed by atoms with van der Waals surface area (Å²) in [6, 6.07) is 9.85. The minimum atomic E-state index is -0.315. The third-order valence-corrected chi connectivity index (χ3v) is 4.48. The summed E-state index contributed by atoms with van der Waals surface area (Å²) in [4.78, 5) is 32.4. The van der Waals surface area contributed by atoms with Crippen LogP contribution in [0.3, 0.4) is 0 Å². The number of anilines is 2. The molecule has 9 heteroatoms. The van der Waals surface area contributed by atoms with Gasteiger partial charge in [-0.15, -0.1) is 11.3 Å². The van der Waals surface area contributed by atoms with E-state index in [2.05, 4.69) is 20.6 Å². The van der Waals surface area contributed by atoms with E-state index in [9.17, 15) is 9.59 Å². The van der Waals surface area contributed by atoms with Gasteiger partial charge < -0.3 is 5.32 Å². The Morgan fingerprint density at radius 3 is 2.69 bits per heavy atom. The van der Waals surface area contributed by atoms with Crippen LogP contribution in [0.15, 0.2) is 48.0 Å². The largest absolute Gasteiger partial charge is 0.324 e. The second-order valence-corrected chi connectivity index (χ2v) is 6.88. The zero-order valence-electron chi connectivity index (χ0n) is 13.2. The highest BCUT2D eigenvalue weighted by Crippen LogP contribution is 2.18. The van der Waals surface area contributed by atoms with E-state index < -0.39 is 0 Å². The maximum atomic E-state index is 12.2. The number of thiazole rings is 1. The van der Waals surface area contributed by atoms with Crippen LogP contribution in [0.4, 0.5) is 10.8 Å². The van der Waals surface area contributed by atoms with Gasteiger partial charge in [-0.2, -0.15) is 0 Å². The minimum absolute atomic E-state index is 0.0756. The van der Waals surface area contributed by atoms with Gasteiger partial charge in [-0.25, -0.2) is 9.97 Å². The van der Waals surface area contributed by atoms with Gasteiger partial charge in [-0.05, 0) is 30.3 Å². The standard InChI is InChI=1S/C17H12Cl2N4O2S/c18-11-3-1-2-10(6-11)16(25)23-17-22-13(9-26-17)7-15(24)21-12-4-5-14(19)20-8-12/h1-6,8-9H,7H2,(H,21,24)(H,22,23,25). The highest BCUT2D eigenvalue weighted by atomic mass is 35.5. The highest BCUT2D eigenvalue weighted by Gasteiger charge is 2.12. The molecule has 0 atom stereocenters. The number of halogens is 2. The van der Waals surface area contributed by atoms with E-state index in [4.69, 9.17) is 23.2 Å². The first-order valence-corrected chi connectivity index (χ1v) is 9.06. The van der Waals surface area contributed by atoms with Crippen LogP contribution in [0.2, 0.25) is 10.2 Å². The topological polar surface area (TPSA) is 84.0 Å². The van der Waals surface area contributed by atoms with Gasteiger partial charge in [0.15, 0.2) is 5.13 Å². The predicted molar refractivity (Wildman–Crippen MR) is 103 cm³/mol. The molecule has 0 bridgehead atoms. The number of aromatic nitrogens is 2. The van der Waals surface area contributed by atoms with E-state index in [1.807, 2.05) is 0 Å². The Hall–Kier alpha value is -2.48. The third kappa shape index (κ3) is 5.01. The van der Waals surface area contributed by atoms with Gasteiger partial charge in [0.2, 0.25) is 5.91 Å². The molecule has 3 rings (SSSR count). The number of hydrogen-bond acceptors (Lipinski definition) is 5. The smallest absolute Gasteiger partial charge is 0.257 e. The molecule has 0 aliphatic carbocycles. The lowest BCUT2D eigenvalue weighted by Gasteiger charge is -2.03. The zero-order valence-corrected chi connectivity index (χ0v) is 15.5. The molecule has 0 saturated heterocycles. The number of pyridine rings is 1. The van der Waals surface area contributed by atoms with E-state index in [0.717, 1.165) is 0 Å². The summed E-state index contributed by atoms with van der Waals surface area (Å²) in [6.07, 6.45) is 1.55. The number of benzene rings is 1. The molecule has 0 radical (unpaired) electrons. The summed E-state index contributed by atoms with van der Waals surface area (Å²) in [7, 11) is 0. The summed E-state index contributed by atoms with van der Waals surface area (Å²) >= 11 is 12.8. The van der Waals surface area contributed by atoms with Crippen molar-refractivity contribution in [1.82, 2.24) is 9.97 Å². The van der Waals surface area contributed by atoms with Gasteiger partial charge in [-0.1, -0.05) is 29.3 Å². The first kappa shape index (κ1) is 18.3. The third-order valence-electron chi connectivity index (χ3n) is 3.21. The lowest BCUT2D eigenvalue weighted by molar-refractivity contribution is -0.115. The van der Waals surface area contributed by atoms with Crippen LogP contribution in [0.25, 0.3) is 0 Å². The molecule has 6 nitrogen and oxygen atoms in total. The number of nitrogens with one attached hydrogen (secondary N) is 2. The fourth-order valence-corrected chi connectivity index (χ4v) is 3.07. The van der Waals surface area contributed by atoms with Crippen LogP contribution in [-0.4, -0.2) is 21.8 Å². The lowest BCUT2D eigenvalue weighted by Crippen LogP contribution is -2.15. The van der Waals surface area contributed by atoms with Gasteiger partial charge in [0.05, 0.1) is 24.0 Å². The molecular formula is C17H12Cl2N4O2S. The van der Waals surface area contributed by atoms with Crippen molar-refractivity contribution in [2.24, 2.45) is 0 Å². The van der Waals surface area contributed by atoms with Crippen molar-refractivity contribution in [1.29, 1.82) is 0 Å². The lowest BCUT2D eigenvalue weighted by atomic mass is 10.2. The first-order valence-electron chi connectivity index (χ1n) is 7.42. The van der Waals surface area contributed by atoms with Crippen molar-refractivity contribution < 1.29 is 9.59 Å². The summed E-state index contributed by atoms with van der Waals surface area (Å²) in [5, 5.41) is 8.34. The van der Waals surface area contributed by atoms with Crippen LogP contribution in [0, 0.1) is 0 Å². The quantitative estimate of drug-likeness (QED) is 0.619. The Morgan fingerprint density at radius 1 is 1.12 bits per heavy atom. The molecule has 0 unspecified atom stereocenters. The van der Waals surface area contributed by atoms with Crippen molar-refractivity contribution in [3.63, 3.8) is 0 Å². The van der Waals surface area contributed by atoms with Crippen molar-refractivity contribution in [3.05, 3.63) is 69.4 Å². The van der Waals surface area contributed by atoms with E-state index in [0.29, 0.717) is 32.3 Å². The van der Waals surface area contributed by atoms with Crippen molar-refractivity contribution >= 4 is 57.2 Å². The second kappa shape index (κ2) is 8.27. The number of rotatable bonds is 5. The number of amides is 2. The maximum absolute atomic E-state index is 12.2. The number of carbonyl (C=O) groups is 2. The van der Waals surface area contributed by atoms with Gasteiger partial charge >= 0.3 is 0 Å². The molecule has 2 heterocycles. The van der Waals surface area contributed by atoms with E-state index in [1.165, 1.54) is 17.5 Å². The van der Waals surface area contributed by atoms with Crippen LogP contribution in [0.5, 0.6) is 0 Å². The normalized spacial score (nSPS) is 10.4. The van der Waals surface area contributed by atoms with Gasteiger partial charge in [0.1, 0.15) is 5.15 Å². The molecule has 2 aromatic heterocycles. The maximum Gasteiger partial charge on any atom is 0.257 e. The monoisotopic (exact) mass is 406 g/mol. The SMILES string of the molecule is O=C(Cc1csc(NC(=O)c2cccc(Cl)c2)n1)Nc1ccc(Cl)nc1. The second-order valence-electron chi connectivity index (χ2n) is 5.20. The number of nitrogens with zero attached hydrogens (tertiary/aromatic N) is 2. The fourth-order valence-electron chi connectivity index (χ4n) is 2.06. The van der Waals surface area contributed by atoms with Crippen molar-refractivity contribution in [2.45, 2.75) is 6.42 Å². The van der Waals surface area contributed by atoms with Gasteiger partial charge in [0.25, 0.3) is 5.91 Å². The van der Waals surface area contributed by atoms with Gasteiger partial charge in [-0.3, -0.25) is 14.9 Å². The average molecular weight is 407 g/mol. The van der Waals surface area contributed by atoms with Crippen LogP contribution < -0.4 is 10.6 Å². The molecule has 0 aliphatic rings. The molecule has 3 aromatic rings. The molecule has 0 aliphatic heterocycles. The Balaban J connectivity index is 1.58. The fraction of sp³-hybridized carbons (Fsp3) is 0.0588. The number of hydrogen-bond donors (Lipinski definition) is 2. The molecule has 0 spiro atoms. The van der Waals surface area contributed by atoms with Crippen LogP contribution in [0.1, 0.15) is 16.1 Å². The number of carbonyl (C=O) groups excluding carboxylic acids is 2. The van der Waals surface area contributed by atoms with Crippen LogP contribution in [-0.2, 0) is 11.2 Å². The Kier molecular flexibility index (Phi) is 5.82. The van der Waals surface area contributed by atoms with E-state index in [1.54, 1.807) is 41.8 Å². The highest BCUT2D eigenvalue weighted by molar-refractivity contribution is 7.14. The van der Waals surface area contributed by atoms with Crippen LogP contribution >= 0.6 is 34.5 Å². The summed E-state index contributed by atoms with van der Waals surface area (Å²) < 4.78 is 0. The van der Waals surface area contributed by atoms with E-state index >= 15 is 0 Å². The molecular weight excluding hydrogens is 395 g/mol. The molecule has 2 amide bonds. The molecule has 0 fully saturated rings. The Labute approximate surface area is 163 Å². The first-order chi connectivity index (χ1) is 12.5. The molecule has 2 N–H and O–H groups in total. The molecule has 132 valence electrons. The Morgan fingerprint density at radius 2 is 1.96 bits per heavy atom. The molecule has 1 aromatic carbocycles. The van der Waals surface area contributed by atoms with Crippen molar-refractivity contribution in [2.75, 3.05) is 10.6 Å². The zero-order chi connectivity index (χ0) is 18.5. The molecule has 0 saturated carbocycles. The summed E-state index contributed by atoms with van der Waals surface area (Å²) in [6.45, 7) is 0. The van der Waals surface area contributed by atoms with Crippen molar-refractivity contribution in [3.8, 4) is 0 Å². The summed E-state index contributed by atoms with van der Waals surface area (Å²) in [5.41, 5.74) is 1.53. The molecule has 26 heavy (non-hydrogen) atoms. The average Bonchev–Trinajstić information content (AvgIpc) is 3.03.